The molecule has 78 valence electrons. The Labute approximate surface area is 88.8 Å². The average molecular weight is 202 g/mol. The second kappa shape index (κ2) is 4.23. The van der Waals surface area contributed by atoms with E-state index in [1.54, 1.807) is 11.0 Å². The minimum Gasteiger partial charge on any atom is -0.330 e. The SMILES string of the molecule is Cn1ncnc1-c1cccc(CCN)c1. The molecule has 0 saturated heterocycles. The third-order valence-electron chi connectivity index (χ3n) is 2.33. The lowest BCUT2D eigenvalue weighted by molar-refractivity contribution is 0.774. The van der Waals surface area contributed by atoms with E-state index >= 15 is 0 Å². The fraction of sp³-hybridized carbons (Fsp3) is 0.273. The Morgan fingerprint density at radius 2 is 2.27 bits per heavy atom. The van der Waals surface area contributed by atoms with Crippen LogP contribution in [0.4, 0.5) is 0 Å². The molecule has 0 unspecified atom stereocenters. The molecule has 0 bridgehead atoms. The van der Waals surface area contributed by atoms with E-state index in [1.807, 2.05) is 19.2 Å². The molecule has 0 radical (unpaired) electrons. The summed E-state index contributed by atoms with van der Waals surface area (Å²) in [6.45, 7) is 0.669. The lowest BCUT2D eigenvalue weighted by atomic mass is 10.1. The monoisotopic (exact) mass is 202 g/mol. The lowest BCUT2D eigenvalue weighted by Gasteiger charge is -2.03. The van der Waals surface area contributed by atoms with E-state index in [1.165, 1.54) is 5.56 Å². The second-order valence-corrected chi connectivity index (χ2v) is 3.45. The fourth-order valence-corrected chi connectivity index (χ4v) is 1.59. The Bertz CT molecular complexity index is 447. The van der Waals surface area contributed by atoms with Crippen LogP contribution in [-0.2, 0) is 13.5 Å². The van der Waals surface area contributed by atoms with Crippen LogP contribution in [0.2, 0.25) is 0 Å². The van der Waals surface area contributed by atoms with Gasteiger partial charge in [-0.25, -0.2) is 9.67 Å². The molecule has 0 aliphatic heterocycles. The van der Waals surface area contributed by atoms with Gasteiger partial charge in [-0.1, -0.05) is 18.2 Å². The highest BCUT2D eigenvalue weighted by Crippen LogP contribution is 2.16. The van der Waals surface area contributed by atoms with Crippen molar-refractivity contribution >= 4 is 0 Å². The van der Waals surface area contributed by atoms with E-state index in [0.717, 1.165) is 17.8 Å². The van der Waals surface area contributed by atoms with Gasteiger partial charge in [-0.2, -0.15) is 5.10 Å². The van der Waals surface area contributed by atoms with Gasteiger partial charge < -0.3 is 5.73 Å². The highest BCUT2D eigenvalue weighted by molar-refractivity contribution is 5.55. The molecule has 4 heteroatoms. The molecule has 1 aromatic heterocycles. The van der Waals surface area contributed by atoms with Crippen LogP contribution in [0.15, 0.2) is 30.6 Å². The smallest absolute Gasteiger partial charge is 0.157 e. The topological polar surface area (TPSA) is 56.7 Å². The van der Waals surface area contributed by atoms with Gasteiger partial charge in [0.25, 0.3) is 0 Å². The third kappa shape index (κ3) is 2.05. The van der Waals surface area contributed by atoms with Crippen LogP contribution in [0.3, 0.4) is 0 Å². The normalized spacial score (nSPS) is 10.5. The predicted molar refractivity (Wildman–Crippen MR) is 59.2 cm³/mol. The van der Waals surface area contributed by atoms with Gasteiger partial charge in [-0.15, -0.1) is 0 Å². The van der Waals surface area contributed by atoms with E-state index in [9.17, 15) is 0 Å². The van der Waals surface area contributed by atoms with Gasteiger partial charge in [-0.05, 0) is 24.6 Å². The minimum atomic E-state index is 0.669. The minimum absolute atomic E-state index is 0.669. The molecule has 0 atom stereocenters. The maximum Gasteiger partial charge on any atom is 0.157 e. The van der Waals surface area contributed by atoms with Crippen molar-refractivity contribution in [2.45, 2.75) is 6.42 Å². The highest BCUT2D eigenvalue weighted by Gasteiger charge is 2.04. The first-order chi connectivity index (χ1) is 7.31. The quantitative estimate of drug-likeness (QED) is 0.807. The maximum absolute atomic E-state index is 5.53. The molecule has 0 fully saturated rings. The Balaban J connectivity index is 2.37. The van der Waals surface area contributed by atoms with Gasteiger partial charge in [-0.3, -0.25) is 0 Å². The summed E-state index contributed by atoms with van der Waals surface area (Å²) in [6, 6.07) is 8.24. The zero-order chi connectivity index (χ0) is 10.7. The molecule has 0 saturated carbocycles. The molecule has 1 heterocycles. The fourth-order valence-electron chi connectivity index (χ4n) is 1.59. The molecular weight excluding hydrogens is 188 g/mol. The first-order valence-corrected chi connectivity index (χ1v) is 4.94. The second-order valence-electron chi connectivity index (χ2n) is 3.45. The van der Waals surface area contributed by atoms with Crippen molar-refractivity contribution in [3.63, 3.8) is 0 Å². The molecular formula is C11H14N4. The summed E-state index contributed by atoms with van der Waals surface area (Å²) in [7, 11) is 1.89. The van der Waals surface area contributed by atoms with Gasteiger partial charge in [0.15, 0.2) is 5.82 Å². The standard InChI is InChI=1S/C11H14N4/c1-15-11(13-8-14-15)10-4-2-3-9(7-10)5-6-12/h2-4,7-8H,5-6,12H2,1H3. The summed E-state index contributed by atoms with van der Waals surface area (Å²) in [5, 5.41) is 4.05. The number of rotatable bonds is 3. The van der Waals surface area contributed by atoms with Crippen molar-refractivity contribution in [3.8, 4) is 11.4 Å². The third-order valence-corrected chi connectivity index (χ3v) is 2.33. The maximum atomic E-state index is 5.53. The van der Waals surface area contributed by atoms with Gasteiger partial charge in [0, 0.05) is 12.6 Å². The van der Waals surface area contributed by atoms with Crippen molar-refractivity contribution in [1.29, 1.82) is 0 Å². The van der Waals surface area contributed by atoms with E-state index in [2.05, 4.69) is 22.2 Å². The van der Waals surface area contributed by atoms with E-state index in [0.29, 0.717) is 6.54 Å². The van der Waals surface area contributed by atoms with Crippen molar-refractivity contribution in [1.82, 2.24) is 14.8 Å². The molecule has 0 aliphatic rings. The predicted octanol–water partition coefficient (Wildman–Crippen LogP) is 0.983. The van der Waals surface area contributed by atoms with Crippen LogP contribution in [0.1, 0.15) is 5.56 Å². The van der Waals surface area contributed by atoms with Crippen LogP contribution < -0.4 is 5.73 Å². The summed E-state index contributed by atoms with van der Waals surface area (Å²) < 4.78 is 1.77. The Morgan fingerprint density at radius 3 is 2.93 bits per heavy atom. The Morgan fingerprint density at radius 1 is 1.40 bits per heavy atom. The van der Waals surface area contributed by atoms with E-state index < -0.39 is 0 Å². The number of aryl methyl sites for hydroxylation is 1. The summed E-state index contributed by atoms with van der Waals surface area (Å²) in [5.41, 5.74) is 7.84. The van der Waals surface area contributed by atoms with Crippen molar-refractivity contribution in [2.24, 2.45) is 12.8 Å². The number of nitrogens with two attached hydrogens (primary N) is 1. The Kier molecular flexibility index (Phi) is 2.78. The summed E-state index contributed by atoms with van der Waals surface area (Å²) >= 11 is 0. The number of aromatic nitrogens is 3. The van der Waals surface area contributed by atoms with Crippen LogP contribution in [0, 0.1) is 0 Å². The molecule has 2 aromatic rings. The zero-order valence-electron chi connectivity index (χ0n) is 8.72. The molecule has 0 aliphatic carbocycles. The van der Waals surface area contributed by atoms with Crippen LogP contribution in [0.5, 0.6) is 0 Å². The number of hydrogen-bond donors (Lipinski definition) is 1. The van der Waals surface area contributed by atoms with E-state index in [-0.39, 0.29) is 0 Å². The van der Waals surface area contributed by atoms with Crippen LogP contribution >= 0.6 is 0 Å². The van der Waals surface area contributed by atoms with Crippen LogP contribution in [-0.4, -0.2) is 21.3 Å². The molecule has 1 aromatic carbocycles. The average Bonchev–Trinajstić information content (AvgIpc) is 2.65. The molecule has 0 amide bonds. The van der Waals surface area contributed by atoms with Gasteiger partial charge in [0.2, 0.25) is 0 Å². The summed E-state index contributed by atoms with van der Waals surface area (Å²) in [5.74, 6) is 0.883. The van der Waals surface area contributed by atoms with Gasteiger partial charge >= 0.3 is 0 Å². The lowest BCUT2D eigenvalue weighted by Crippen LogP contribution is -2.03. The number of benzene rings is 1. The van der Waals surface area contributed by atoms with Crippen molar-refractivity contribution < 1.29 is 0 Å². The van der Waals surface area contributed by atoms with Gasteiger partial charge in [0.05, 0.1) is 0 Å². The number of nitrogens with zero attached hydrogens (tertiary/aromatic N) is 3. The van der Waals surface area contributed by atoms with E-state index in [4.69, 9.17) is 5.73 Å². The summed E-state index contributed by atoms with van der Waals surface area (Å²) in [4.78, 5) is 4.21. The van der Waals surface area contributed by atoms with Crippen LogP contribution in [0.25, 0.3) is 11.4 Å². The molecule has 0 spiro atoms. The van der Waals surface area contributed by atoms with Gasteiger partial charge in [0.1, 0.15) is 6.33 Å². The van der Waals surface area contributed by atoms with Crippen molar-refractivity contribution in [2.75, 3.05) is 6.54 Å². The largest absolute Gasteiger partial charge is 0.330 e. The van der Waals surface area contributed by atoms with Crippen molar-refractivity contribution in [3.05, 3.63) is 36.2 Å². The zero-order valence-corrected chi connectivity index (χ0v) is 8.72. The first kappa shape index (κ1) is 9.86. The molecule has 2 rings (SSSR count). The summed E-state index contributed by atoms with van der Waals surface area (Å²) in [6.07, 6.45) is 2.45. The molecule has 15 heavy (non-hydrogen) atoms. The molecule has 4 nitrogen and oxygen atoms in total. The molecule has 2 N–H and O–H groups in total. The first-order valence-electron chi connectivity index (χ1n) is 4.94. The highest BCUT2D eigenvalue weighted by atomic mass is 15.3. The Hall–Kier alpha value is -1.68. The number of hydrogen-bond acceptors (Lipinski definition) is 3.